The Hall–Kier alpha value is -1.90. The zero-order chi connectivity index (χ0) is 22.4. The molecule has 0 aliphatic heterocycles. The van der Waals surface area contributed by atoms with E-state index in [1.807, 2.05) is 11.6 Å². The fourth-order valence-corrected chi connectivity index (χ4v) is 5.63. The summed E-state index contributed by atoms with van der Waals surface area (Å²) in [6, 6.07) is 11.2. The summed E-state index contributed by atoms with van der Waals surface area (Å²) in [6.07, 6.45) is 0. The second-order valence-corrected chi connectivity index (χ2v) is 10.5. The summed E-state index contributed by atoms with van der Waals surface area (Å²) in [6.45, 7) is 5.18. The van der Waals surface area contributed by atoms with Crippen molar-refractivity contribution in [3.05, 3.63) is 64.7 Å². The number of carbonyl (C=O) groups excluding carboxylic acids is 1. The number of benzene rings is 2. The zero-order valence-electron chi connectivity index (χ0n) is 16.8. The molecule has 2 amide bonds. The van der Waals surface area contributed by atoms with Gasteiger partial charge in [-0.2, -0.15) is 0 Å². The van der Waals surface area contributed by atoms with Crippen LogP contribution in [0.5, 0.6) is 0 Å². The van der Waals surface area contributed by atoms with Crippen molar-refractivity contribution >= 4 is 35.3 Å². The first-order valence-electron chi connectivity index (χ1n) is 9.15. The molecule has 8 nitrogen and oxygen atoms in total. The minimum Gasteiger partial charge on any atom is -0.319 e. The summed E-state index contributed by atoms with van der Waals surface area (Å²) in [5.41, 5.74) is 1.21. The first-order chi connectivity index (χ1) is 14.1. The third kappa shape index (κ3) is 6.30. The Morgan fingerprint density at radius 3 is 2.23 bits per heavy atom. The highest BCUT2D eigenvalue weighted by Crippen LogP contribution is 2.59. The van der Waals surface area contributed by atoms with Crippen molar-refractivity contribution in [1.29, 1.82) is 0 Å². The van der Waals surface area contributed by atoms with Crippen molar-refractivity contribution < 1.29 is 26.8 Å². The predicted molar refractivity (Wildman–Crippen MR) is 115 cm³/mol. The van der Waals surface area contributed by atoms with E-state index in [4.69, 9.17) is 20.6 Å². The number of nitrogens with one attached hydrogen (secondary N) is 2. The molecule has 2 aromatic carbocycles. The van der Waals surface area contributed by atoms with Crippen LogP contribution in [0.15, 0.2) is 53.4 Å². The van der Waals surface area contributed by atoms with E-state index < -0.39 is 29.4 Å². The van der Waals surface area contributed by atoms with Crippen LogP contribution in [0.3, 0.4) is 0 Å². The highest BCUT2D eigenvalue weighted by molar-refractivity contribution is 7.90. The average Bonchev–Trinajstić information content (AvgIpc) is 2.66. The lowest BCUT2D eigenvalue weighted by Gasteiger charge is -2.27. The Labute approximate surface area is 181 Å². The van der Waals surface area contributed by atoms with E-state index in [9.17, 15) is 17.8 Å². The van der Waals surface area contributed by atoms with Crippen molar-refractivity contribution in [2.75, 3.05) is 13.2 Å². The van der Waals surface area contributed by atoms with Gasteiger partial charge in [0, 0.05) is 5.02 Å². The van der Waals surface area contributed by atoms with Crippen LogP contribution in [0.2, 0.25) is 5.02 Å². The Morgan fingerprint density at radius 2 is 1.70 bits per heavy atom. The summed E-state index contributed by atoms with van der Waals surface area (Å²) in [5.74, 6) is -1.27. The van der Waals surface area contributed by atoms with E-state index >= 15 is 0 Å². The molecular formula is C19H24ClN2O6PS. The topological polar surface area (TPSA) is 111 Å². The monoisotopic (exact) mass is 474 g/mol. The number of urea groups is 1. The Morgan fingerprint density at radius 1 is 1.10 bits per heavy atom. The largest absolute Gasteiger partial charge is 0.357 e. The molecule has 0 saturated carbocycles. The van der Waals surface area contributed by atoms with E-state index in [1.54, 1.807) is 44.2 Å². The first kappa shape index (κ1) is 24.4. The van der Waals surface area contributed by atoms with Crippen LogP contribution in [0.1, 0.15) is 30.8 Å². The van der Waals surface area contributed by atoms with Gasteiger partial charge in [0.2, 0.25) is 0 Å². The van der Waals surface area contributed by atoms with Crippen molar-refractivity contribution in [2.45, 2.75) is 31.4 Å². The van der Waals surface area contributed by atoms with Crippen LogP contribution in [-0.4, -0.2) is 27.7 Å². The third-order valence-electron chi connectivity index (χ3n) is 3.92. The van der Waals surface area contributed by atoms with E-state index in [1.165, 1.54) is 18.2 Å². The van der Waals surface area contributed by atoms with Crippen molar-refractivity contribution in [2.24, 2.45) is 0 Å². The molecule has 0 saturated heterocycles. The Balaban J connectivity index is 2.34. The molecule has 2 rings (SSSR count). The molecule has 0 radical (unpaired) electrons. The van der Waals surface area contributed by atoms with Gasteiger partial charge in [-0.3, -0.25) is 4.57 Å². The molecule has 0 spiro atoms. The van der Waals surface area contributed by atoms with Gasteiger partial charge in [-0.05, 0) is 50.6 Å². The van der Waals surface area contributed by atoms with Gasteiger partial charge >= 0.3 is 13.6 Å². The number of rotatable bonds is 9. The standard InChI is InChI=1S/C19H24ClN2O6PS/c1-4-27-29(24,28-5-2)18(15-7-6-8-16(20)13-15)21-19(23)22-30(25,26)17-11-9-14(3)10-12-17/h6-13,18H,4-5H2,1-3H3,(H2,21,22,23). The fourth-order valence-electron chi connectivity index (χ4n) is 2.62. The molecule has 0 aromatic heterocycles. The maximum absolute atomic E-state index is 13.4. The molecule has 164 valence electrons. The first-order valence-corrected chi connectivity index (χ1v) is 12.6. The average molecular weight is 475 g/mol. The van der Waals surface area contributed by atoms with E-state index in [-0.39, 0.29) is 18.1 Å². The number of amides is 2. The molecule has 0 fully saturated rings. The summed E-state index contributed by atoms with van der Waals surface area (Å²) in [7, 11) is -8.04. The normalized spacial score (nSPS) is 12.9. The molecule has 1 atom stereocenters. The van der Waals surface area contributed by atoms with Gasteiger partial charge in [0.25, 0.3) is 10.0 Å². The lowest BCUT2D eigenvalue weighted by molar-refractivity contribution is 0.204. The fraction of sp³-hybridized carbons (Fsp3) is 0.316. The van der Waals surface area contributed by atoms with Crippen LogP contribution in [0.25, 0.3) is 0 Å². The number of sulfonamides is 1. The summed E-state index contributed by atoms with van der Waals surface area (Å²) in [4.78, 5) is 12.5. The summed E-state index contributed by atoms with van der Waals surface area (Å²) in [5, 5.41) is 2.75. The van der Waals surface area contributed by atoms with Gasteiger partial charge in [0.05, 0.1) is 18.1 Å². The molecule has 2 N–H and O–H groups in total. The van der Waals surface area contributed by atoms with Gasteiger partial charge < -0.3 is 14.4 Å². The molecule has 0 heterocycles. The number of aryl methyl sites for hydroxylation is 1. The quantitative estimate of drug-likeness (QED) is 0.514. The summed E-state index contributed by atoms with van der Waals surface area (Å²) >= 11 is 6.03. The molecule has 1 unspecified atom stereocenters. The predicted octanol–water partition coefficient (Wildman–Crippen LogP) is 4.60. The molecule has 0 aliphatic rings. The second-order valence-electron chi connectivity index (χ2n) is 6.22. The maximum atomic E-state index is 13.4. The SMILES string of the molecule is CCOP(=O)(OCC)C(NC(=O)NS(=O)(=O)c1ccc(C)cc1)c1cccc(Cl)c1. The molecule has 0 bridgehead atoms. The lowest BCUT2D eigenvalue weighted by atomic mass is 10.2. The Kier molecular flexibility index (Phi) is 8.46. The van der Waals surface area contributed by atoms with Crippen molar-refractivity contribution in [3.8, 4) is 0 Å². The molecule has 2 aromatic rings. The van der Waals surface area contributed by atoms with Gasteiger partial charge in [0.1, 0.15) is 0 Å². The molecule has 30 heavy (non-hydrogen) atoms. The number of carbonyl (C=O) groups is 1. The minimum atomic E-state index is -4.14. The number of hydrogen-bond acceptors (Lipinski definition) is 6. The second kappa shape index (κ2) is 10.4. The highest BCUT2D eigenvalue weighted by Gasteiger charge is 2.39. The zero-order valence-corrected chi connectivity index (χ0v) is 19.3. The highest BCUT2D eigenvalue weighted by atomic mass is 35.5. The van der Waals surface area contributed by atoms with Gasteiger partial charge in [-0.25, -0.2) is 17.9 Å². The van der Waals surface area contributed by atoms with Gasteiger partial charge in [-0.15, -0.1) is 0 Å². The van der Waals surface area contributed by atoms with Crippen LogP contribution < -0.4 is 10.0 Å². The van der Waals surface area contributed by atoms with Gasteiger partial charge in [-0.1, -0.05) is 41.4 Å². The van der Waals surface area contributed by atoms with Crippen molar-refractivity contribution in [1.82, 2.24) is 10.0 Å². The van der Waals surface area contributed by atoms with E-state index in [0.29, 0.717) is 10.6 Å². The van der Waals surface area contributed by atoms with Crippen LogP contribution >= 0.6 is 19.2 Å². The van der Waals surface area contributed by atoms with Crippen molar-refractivity contribution in [3.63, 3.8) is 0 Å². The Bertz CT molecular complexity index is 1020. The lowest BCUT2D eigenvalue weighted by Crippen LogP contribution is -2.41. The van der Waals surface area contributed by atoms with Crippen LogP contribution in [0.4, 0.5) is 4.79 Å². The van der Waals surface area contributed by atoms with Gasteiger partial charge in [0.15, 0.2) is 5.78 Å². The third-order valence-corrected chi connectivity index (χ3v) is 7.80. The molecular weight excluding hydrogens is 451 g/mol. The summed E-state index contributed by atoms with van der Waals surface area (Å²) < 4.78 is 51.0. The number of hydrogen-bond donors (Lipinski definition) is 2. The molecule has 0 aliphatic carbocycles. The number of halogens is 1. The van der Waals surface area contributed by atoms with Crippen LogP contribution in [0, 0.1) is 6.92 Å². The van der Waals surface area contributed by atoms with Crippen LogP contribution in [-0.2, 0) is 23.6 Å². The smallest absolute Gasteiger partial charge is 0.319 e. The molecule has 11 heteroatoms. The van der Waals surface area contributed by atoms with E-state index in [2.05, 4.69) is 5.32 Å². The maximum Gasteiger partial charge on any atom is 0.357 e. The van der Waals surface area contributed by atoms with E-state index in [0.717, 1.165) is 5.56 Å². The minimum absolute atomic E-state index is 0.0549.